The second-order valence-electron chi connectivity index (χ2n) is 8.28. The number of carbonyl (C=O) groups excluding carboxylic acids is 3. The zero-order valence-corrected chi connectivity index (χ0v) is 21.6. The van der Waals surface area contributed by atoms with Gasteiger partial charge >= 0.3 is 6.03 Å². The lowest BCUT2D eigenvalue weighted by molar-refractivity contribution is -0.149. The lowest BCUT2D eigenvalue weighted by Crippen LogP contribution is -2.73. The van der Waals surface area contributed by atoms with Gasteiger partial charge in [0.1, 0.15) is 0 Å². The van der Waals surface area contributed by atoms with Crippen LogP contribution in [0.1, 0.15) is 37.1 Å². The molecular weight excluding hydrogens is 500 g/mol. The minimum Gasteiger partial charge on any atom is -0.493 e. The van der Waals surface area contributed by atoms with Crippen LogP contribution in [0, 0.1) is 5.41 Å². The highest BCUT2D eigenvalue weighted by Gasteiger charge is 2.64. The van der Waals surface area contributed by atoms with E-state index in [4.69, 9.17) is 31.2 Å². The lowest BCUT2D eigenvalue weighted by atomic mass is 9.65. The summed E-state index contributed by atoms with van der Waals surface area (Å²) in [6.45, 7) is 4.53. The number of benzene rings is 2. The fourth-order valence-electron chi connectivity index (χ4n) is 4.74. The number of ether oxygens (including phenoxy) is 4. The van der Waals surface area contributed by atoms with E-state index in [1.807, 2.05) is 13.8 Å². The first-order valence-electron chi connectivity index (χ1n) is 11.6. The van der Waals surface area contributed by atoms with Crippen molar-refractivity contribution in [2.45, 2.75) is 25.9 Å². The Balaban J connectivity index is 1.92. The van der Waals surface area contributed by atoms with Crippen LogP contribution in [0.2, 0.25) is 0 Å². The molecular formula is C25H28N4O7S. The van der Waals surface area contributed by atoms with Gasteiger partial charge in [0.05, 0.1) is 39.5 Å². The van der Waals surface area contributed by atoms with Crippen LogP contribution in [-0.2, 0) is 9.59 Å². The summed E-state index contributed by atoms with van der Waals surface area (Å²) in [6.07, 6.45) is 0. The number of methoxy groups -OCH3 is 2. The normalized spacial score (nSPS) is 20.3. The summed E-state index contributed by atoms with van der Waals surface area (Å²) in [5.74, 6) is 0.235. The zero-order chi connectivity index (χ0) is 26.7. The Kier molecular flexibility index (Phi) is 7.39. The number of carbonyl (C=O) groups is 3. The van der Waals surface area contributed by atoms with E-state index < -0.39 is 35.3 Å². The Bertz CT molecular complexity index is 1160. The van der Waals surface area contributed by atoms with Crippen LogP contribution in [0.15, 0.2) is 36.4 Å². The summed E-state index contributed by atoms with van der Waals surface area (Å²) in [6, 6.07) is 7.29. The van der Waals surface area contributed by atoms with Gasteiger partial charge in [-0.05, 0) is 61.5 Å². The van der Waals surface area contributed by atoms with E-state index >= 15 is 0 Å². The molecule has 2 aromatic carbocycles. The third-order valence-electron chi connectivity index (χ3n) is 6.31. The van der Waals surface area contributed by atoms with Gasteiger partial charge < -0.3 is 29.6 Å². The van der Waals surface area contributed by atoms with E-state index in [0.717, 1.165) is 0 Å². The Morgan fingerprint density at radius 1 is 0.757 bits per heavy atom. The van der Waals surface area contributed by atoms with Gasteiger partial charge in [-0.15, -0.1) is 0 Å². The number of imide groups is 2. The second kappa shape index (κ2) is 10.5. The first-order chi connectivity index (χ1) is 17.8. The predicted octanol–water partition coefficient (Wildman–Crippen LogP) is 2.11. The van der Waals surface area contributed by atoms with Gasteiger partial charge in [0, 0.05) is 0 Å². The molecule has 2 heterocycles. The molecule has 12 heteroatoms. The maximum atomic E-state index is 13.7. The van der Waals surface area contributed by atoms with Crippen molar-refractivity contribution in [3.63, 3.8) is 0 Å². The van der Waals surface area contributed by atoms with Gasteiger partial charge in [0.15, 0.2) is 33.5 Å². The largest absolute Gasteiger partial charge is 0.493 e. The molecule has 2 atom stereocenters. The lowest BCUT2D eigenvalue weighted by Gasteiger charge is -2.49. The minimum atomic E-state index is -1.88. The molecule has 4 amide bonds. The minimum absolute atomic E-state index is 0.207. The molecule has 0 bridgehead atoms. The molecule has 2 aliphatic rings. The Labute approximate surface area is 219 Å². The summed E-state index contributed by atoms with van der Waals surface area (Å²) >= 11 is 5.51. The van der Waals surface area contributed by atoms with Gasteiger partial charge in [-0.3, -0.25) is 20.2 Å². The summed E-state index contributed by atoms with van der Waals surface area (Å²) in [5, 5.41) is 10.9. The molecule has 0 unspecified atom stereocenters. The first-order valence-corrected chi connectivity index (χ1v) is 12.1. The second-order valence-corrected chi connectivity index (χ2v) is 8.69. The molecule has 0 saturated carbocycles. The molecule has 1 spiro atoms. The fraction of sp³-hybridized carbons (Fsp3) is 0.360. The van der Waals surface area contributed by atoms with Crippen LogP contribution in [0.3, 0.4) is 0 Å². The number of rotatable bonds is 8. The van der Waals surface area contributed by atoms with Crippen LogP contribution >= 0.6 is 12.2 Å². The van der Waals surface area contributed by atoms with Crippen LogP contribution in [-0.4, -0.2) is 50.4 Å². The molecule has 4 N–H and O–H groups in total. The summed E-state index contributed by atoms with van der Waals surface area (Å²) in [4.78, 5) is 39.5. The maximum Gasteiger partial charge on any atom is 0.328 e. The van der Waals surface area contributed by atoms with Crippen LogP contribution in [0.5, 0.6) is 23.0 Å². The average molecular weight is 529 g/mol. The highest BCUT2D eigenvalue weighted by molar-refractivity contribution is 7.80. The quantitative estimate of drug-likeness (QED) is 0.298. The predicted molar refractivity (Wildman–Crippen MR) is 137 cm³/mol. The number of hydrogen-bond donors (Lipinski definition) is 4. The molecule has 2 aromatic rings. The van der Waals surface area contributed by atoms with Gasteiger partial charge in [0.2, 0.25) is 11.8 Å². The molecule has 2 aliphatic heterocycles. The monoisotopic (exact) mass is 528 g/mol. The van der Waals surface area contributed by atoms with Crippen molar-refractivity contribution in [3.05, 3.63) is 47.5 Å². The summed E-state index contributed by atoms with van der Waals surface area (Å²) < 4.78 is 22.2. The molecule has 2 saturated heterocycles. The highest BCUT2D eigenvalue weighted by atomic mass is 32.1. The van der Waals surface area contributed by atoms with E-state index in [9.17, 15) is 14.4 Å². The maximum absolute atomic E-state index is 13.7. The average Bonchev–Trinajstić information content (AvgIpc) is 2.88. The van der Waals surface area contributed by atoms with Crippen molar-refractivity contribution in [2.24, 2.45) is 5.41 Å². The van der Waals surface area contributed by atoms with E-state index in [1.54, 1.807) is 36.4 Å². The van der Waals surface area contributed by atoms with E-state index in [0.29, 0.717) is 47.3 Å². The zero-order valence-electron chi connectivity index (χ0n) is 20.8. The van der Waals surface area contributed by atoms with Gasteiger partial charge in [-0.25, -0.2) is 4.79 Å². The number of nitrogens with one attached hydrogen (secondary N) is 4. The topological polar surface area (TPSA) is 136 Å². The number of barbiturate groups is 1. The van der Waals surface area contributed by atoms with Crippen LogP contribution in [0.4, 0.5) is 4.79 Å². The molecule has 0 aliphatic carbocycles. The van der Waals surface area contributed by atoms with Crippen LogP contribution in [0.25, 0.3) is 0 Å². The molecule has 0 radical (unpaired) electrons. The van der Waals surface area contributed by atoms with Crippen molar-refractivity contribution in [1.82, 2.24) is 21.3 Å². The van der Waals surface area contributed by atoms with E-state index in [-0.39, 0.29) is 5.11 Å². The number of hydrogen-bond acceptors (Lipinski definition) is 8. The van der Waals surface area contributed by atoms with Gasteiger partial charge in [-0.1, -0.05) is 12.1 Å². The Morgan fingerprint density at radius 3 is 1.57 bits per heavy atom. The standard InChI is InChI=1S/C25H28N4O7S/c1-5-35-15-9-7-13(11-17(15)33-3)19-25(21(30)28-23(32)29-22(25)31)20(27-24(37)26-19)14-8-10-16(36-6-2)18(12-14)34-4/h7-12,19-20H,5-6H2,1-4H3,(H2,26,27,37)(H2,28,29,30,31,32)/t19-,20-/m0/s1. The fourth-order valence-corrected chi connectivity index (χ4v) is 4.98. The Hall–Kier alpha value is -4.06. The van der Waals surface area contributed by atoms with Crippen molar-refractivity contribution < 1.29 is 33.3 Å². The smallest absolute Gasteiger partial charge is 0.328 e. The number of thiocarbonyl (C=S) groups is 1. The molecule has 37 heavy (non-hydrogen) atoms. The van der Waals surface area contributed by atoms with E-state index in [1.165, 1.54) is 14.2 Å². The first kappa shape index (κ1) is 26.0. The number of amides is 4. The third kappa shape index (κ3) is 4.48. The SMILES string of the molecule is CCOc1ccc([C@@H]2NC(=S)N[C@@H](c3ccc(OCC)c(OC)c3)C23C(=O)NC(=O)NC3=O)cc1OC. The Morgan fingerprint density at radius 2 is 1.19 bits per heavy atom. The van der Waals surface area contributed by atoms with Gasteiger partial charge in [-0.2, -0.15) is 0 Å². The van der Waals surface area contributed by atoms with Crippen molar-refractivity contribution >= 4 is 35.2 Å². The highest BCUT2D eigenvalue weighted by Crippen LogP contribution is 2.50. The molecule has 2 fully saturated rings. The molecule has 0 aromatic heterocycles. The van der Waals surface area contributed by atoms with Crippen LogP contribution < -0.4 is 40.2 Å². The molecule has 11 nitrogen and oxygen atoms in total. The van der Waals surface area contributed by atoms with Gasteiger partial charge in [0.25, 0.3) is 0 Å². The van der Waals surface area contributed by atoms with Crippen molar-refractivity contribution in [2.75, 3.05) is 27.4 Å². The van der Waals surface area contributed by atoms with Crippen molar-refractivity contribution in [1.29, 1.82) is 0 Å². The molecule has 4 rings (SSSR count). The molecule has 196 valence electrons. The summed E-state index contributed by atoms with van der Waals surface area (Å²) in [7, 11) is 2.98. The number of urea groups is 1. The summed E-state index contributed by atoms with van der Waals surface area (Å²) in [5.41, 5.74) is -0.842. The van der Waals surface area contributed by atoms with E-state index in [2.05, 4.69) is 21.3 Å². The third-order valence-corrected chi connectivity index (χ3v) is 6.54. The van der Waals surface area contributed by atoms with Crippen molar-refractivity contribution in [3.8, 4) is 23.0 Å².